The highest BCUT2D eigenvalue weighted by Crippen LogP contribution is 2.38. The predicted molar refractivity (Wildman–Crippen MR) is 111 cm³/mol. The first-order valence-corrected chi connectivity index (χ1v) is 10.5. The molecular formula is C21H24N2O5S. The van der Waals surface area contributed by atoms with Gasteiger partial charge in [0.2, 0.25) is 5.91 Å². The fraction of sp³-hybridized carbons (Fsp3) is 0.381. The minimum atomic E-state index is -0.790. The monoisotopic (exact) mass is 416 g/mol. The van der Waals surface area contributed by atoms with E-state index in [9.17, 15) is 14.4 Å². The lowest BCUT2D eigenvalue weighted by Gasteiger charge is -2.13. The summed E-state index contributed by atoms with van der Waals surface area (Å²) in [6.45, 7) is 2.07. The van der Waals surface area contributed by atoms with Crippen LogP contribution >= 0.6 is 11.3 Å². The number of hydrogen-bond donors (Lipinski definition) is 2. The smallest absolute Gasteiger partial charge is 0.414 e. The Morgan fingerprint density at radius 2 is 1.86 bits per heavy atom. The third-order valence-corrected chi connectivity index (χ3v) is 5.69. The van der Waals surface area contributed by atoms with E-state index >= 15 is 0 Å². The van der Waals surface area contributed by atoms with Gasteiger partial charge in [0.15, 0.2) is 0 Å². The van der Waals surface area contributed by atoms with E-state index in [1.54, 1.807) is 6.92 Å². The van der Waals surface area contributed by atoms with Gasteiger partial charge < -0.3 is 14.8 Å². The van der Waals surface area contributed by atoms with Crippen LogP contribution in [0.4, 0.5) is 9.80 Å². The Balaban J connectivity index is 1.67. The van der Waals surface area contributed by atoms with Crippen molar-refractivity contribution < 1.29 is 23.9 Å². The van der Waals surface area contributed by atoms with Crippen molar-refractivity contribution >= 4 is 34.2 Å². The summed E-state index contributed by atoms with van der Waals surface area (Å²) in [5, 5.41) is 5.54. The normalized spacial score (nSPS) is 12.6. The van der Waals surface area contributed by atoms with Gasteiger partial charge in [0.25, 0.3) is 5.91 Å². The third kappa shape index (κ3) is 5.57. The first-order valence-electron chi connectivity index (χ1n) is 9.68. The summed E-state index contributed by atoms with van der Waals surface area (Å²) in [5.74, 6) is -0.0928. The molecule has 0 radical (unpaired) electrons. The van der Waals surface area contributed by atoms with Crippen LogP contribution in [0.25, 0.3) is 0 Å². The van der Waals surface area contributed by atoms with Crippen LogP contribution in [0.2, 0.25) is 0 Å². The second-order valence-corrected chi connectivity index (χ2v) is 7.65. The molecule has 3 amide bonds. The fourth-order valence-electron chi connectivity index (χ4n) is 3.18. The Kier molecular flexibility index (Phi) is 7.24. The zero-order valence-corrected chi connectivity index (χ0v) is 17.1. The van der Waals surface area contributed by atoms with Gasteiger partial charge in [-0.15, -0.1) is 11.3 Å². The van der Waals surface area contributed by atoms with Crippen molar-refractivity contribution in [2.75, 3.05) is 18.5 Å². The molecule has 0 atom stereocenters. The number of thiophene rings is 1. The molecule has 7 nitrogen and oxygen atoms in total. The molecular weight excluding hydrogens is 392 g/mol. The second kappa shape index (κ2) is 10.1. The highest BCUT2D eigenvalue weighted by atomic mass is 32.1. The van der Waals surface area contributed by atoms with Crippen molar-refractivity contribution in [2.45, 2.75) is 39.0 Å². The van der Waals surface area contributed by atoms with Crippen molar-refractivity contribution in [1.29, 1.82) is 0 Å². The van der Waals surface area contributed by atoms with Crippen LogP contribution in [0.15, 0.2) is 30.3 Å². The number of rotatable bonds is 7. The van der Waals surface area contributed by atoms with Gasteiger partial charge in [0, 0.05) is 4.88 Å². The average molecular weight is 416 g/mol. The molecule has 1 aromatic heterocycles. The van der Waals surface area contributed by atoms with Gasteiger partial charge in [-0.2, -0.15) is 0 Å². The quantitative estimate of drug-likeness (QED) is 0.713. The van der Waals surface area contributed by atoms with Gasteiger partial charge in [-0.25, -0.2) is 4.79 Å². The summed E-state index contributed by atoms with van der Waals surface area (Å²) in [6.07, 6.45) is 3.00. The maximum atomic E-state index is 12.7. The molecule has 1 aliphatic rings. The largest absolute Gasteiger partial charge is 0.493 e. The molecule has 2 aromatic rings. The van der Waals surface area contributed by atoms with Crippen LogP contribution in [0.3, 0.4) is 0 Å². The lowest BCUT2D eigenvalue weighted by atomic mass is 9.95. The number of amides is 3. The van der Waals surface area contributed by atoms with Gasteiger partial charge in [0.05, 0.1) is 25.2 Å². The van der Waals surface area contributed by atoms with E-state index in [2.05, 4.69) is 10.6 Å². The molecule has 0 unspecified atom stereocenters. The molecule has 3 rings (SSSR count). The molecule has 154 valence electrons. The number of fused-ring (bicyclic) bond motifs is 1. The molecule has 1 heterocycles. The highest BCUT2D eigenvalue weighted by Gasteiger charge is 2.27. The van der Waals surface area contributed by atoms with E-state index < -0.39 is 12.0 Å². The van der Waals surface area contributed by atoms with Gasteiger partial charge in [-0.05, 0) is 50.3 Å². The number of aryl methyl sites for hydroxylation is 1. The number of ether oxygens (including phenoxy) is 2. The Hall–Kier alpha value is -2.87. The summed E-state index contributed by atoms with van der Waals surface area (Å²) in [4.78, 5) is 37.8. The van der Waals surface area contributed by atoms with Crippen LogP contribution in [0, 0.1) is 0 Å². The number of hydrogen-bond acceptors (Lipinski definition) is 6. The maximum absolute atomic E-state index is 12.7. The van der Waals surface area contributed by atoms with Crippen LogP contribution in [-0.4, -0.2) is 31.1 Å². The van der Waals surface area contributed by atoms with Gasteiger partial charge in [-0.1, -0.05) is 18.2 Å². The number of nitrogens with one attached hydrogen (secondary N) is 2. The summed E-state index contributed by atoms with van der Waals surface area (Å²) in [5.41, 5.74) is 1.29. The summed E-state index contributed by atoms with van der Waals surface area (Å²) in [7, 11) is 0. The molecule has 29 heavy (non-hydrogen) atoms. The number of imide groups is 1. The Bertz CT molecular complexity index is 879. The summed E-state index contributed by atoms with van der Waals surface area (Å²) >= 11 is 1.40. The summed E-state index contributed by atoms with van der Waals surface area (Å²) < 4.78 is 10.4. The van der Waals surface area contributed by atoms with Crippen molar-refractivity contribution in [3.63, 3.8) is 0 Å². The van der Waals surface area contributed by atoms with E-state index in [1.807, 2.05) is 30.3 Å². The molecule has 2 N–H and O–H groups in total. The highest BCUT2D eigenvalue weighted by molar-refractivity contribution is 7.17. The number of alkyl carbamates (subject to hydrolysis) is 1. The number of para-hydroxylation sites is 1. The summed E-state index contributed by atoms with van der Waals surface area (Å²) in [6, 6.07) is 9.26. The molecule has 0 spiro atoms. The van der Waals surface area contributed by atoms with Gasteiger partial charge in [0.1, 0.15) is 10.8 Å². The first kappa shape index (κ1) is 20.9. The second-order valence-electron chi connectivity index (χ2n) is 6.55. The van der Waals surface area contributed by atoms with Gasteiger partial charge in [-0.3, -0.25) is 14.9 Å². The lowest BCUT2D eigenvalue weighted by molar-refractivity contribution is -0.116. The molecule has 0 saturated heterocycles. The lowest BCUT2D eigenvalue weighted by Crippen LogP contribution is -2.32. The van der Waals surface area contributed by atoms with Crippen LogP contribution in [-0.2, 0) is 22.4 Å². The van der Waals surface area contributed by atoms with E-state index in [4.69, 9.17) is 9.47 Å². The topological polar surface area (TPSA) is 93.7 Å². The molecule has 1 aliphatic carbocycles. The standard InChI is InChI=1S/C21H24N2O5S/c1-2-27-21(26)23-19(25)18-15-10-6-7-11-16(15)29-20(18)22-17(24)12-13-28-14-8-4-3-5-9-14/h3-5,8-9H,2,6-7,10-13H2,1H3,(H,22,24)(H,23,25,26). The van der Waals surface area contributed by atoms with E-state index in [0.717, 1.165) is 36.1 Å². The average Bonchev–Trinajstić information content (AvgIpc) is 3.06. The minimum Gasteiger partial charge on any atom is -0.493 e. The van der Waals surface area contributed by atoms with E-state index in [-0.39, 0.29) is 25.5 Å². The predicted octanol–water partition coefficient (Wildman–Crippen LogP) is 3.92. The Labute approximate surface area is 173 Å². The number of carbonyl (C=O) groups is 3. The van der Waals surface area contributed by atoms with Crippen LogP contribution < -0.4 is 15.4 Å². The fourth-order valence-corrected chi connectivity index (χ4v) is 4.49. The molecule has 8 heteroatoms. The van der Waals surface area contributed by atoms with E-state index in [1.165, 1.54) is 11.3 Å². The first-order chi connectivity index (χ1) is 14.1. The third-order valence-electron chi connectivity index (χ3n) is 4.48. The number of anilines is 1. The van der Waals surface area contributed by atoms with Gasteiger partial charge >= 0.3 is 6.09 Å². The number of benzene rings is 1. The van der Waals surface area contributed by atoms with Crippen LogP contribution in [0.1, 0.15) is 47.0 Å². The minimum absolute atomic E-state index is 0.149. The number of carbonyl (C=O) groups excluding carboxylic acids is 3. The van der Waals surface area contributed by atoms with Crippen molar-refractivity contribution in [2.24, 2.45) is 0 Å². The SMILES string of the molecule is CCOC(=O)NC(=O)c1c(NC(=O)CCOc2ccccc2)sc2c1CCCC2. The van der Waals surface area contributed by atoms with E-state index in [0.29, 0.717) is 16.3 Å². The van der Waals surface area contributed by atoms with Crippen molar-refractivity contribution in [3.05, 3.63) is 46.3 Å². The molecule has 0 aliphatic heterocycles. The zero-order valence-electron chi connectivity index (χ0n) is 16.3. The molecule has 0 bridgehead atoms. The van der Waals surface area contributed by atoms with Crippen LogP contribution in [0.5, 0.6) is 5.75 Å². The molecule has 0 saturated carbocycles. The van der Waals surface area contributed by atoms with Crippen molar-refractivity contribution in [1.82, 2.24) is 5.32 Å². The van der Waals surface area contributed by atoms with Crippen molar-refractivity contribution in [3.8, 4) is 5.75 Å². The molecule has 0 fully saturated rings. The maximum Gasteiger partial charge on any atom is 0.414 e. The Morgan fingerprint density at radius 3 is 2.62 bits per heavy atom. The Morgan fingerprint density at radius 1 is 1.10 bits per heavy atom. The molecule has 1 aromatic carbocycles. The zero-order chi connectivity index (χ0) is 20.6.